The second-order valence-corrected chi connectivity index (χ2v) is 4.92. The Labute approximate surface area is 123 Å². The molecule has 0 amide bonds. The van der Waals surface area contributed by atoms with E-state index in [0.29, 0.717) is 17.0 Å². The third-order valence-corrected chi connectivity index (χ3v) is 3.47. The van der Waals surface area contributed by atoms with E-state index in [9.17, 15) is 4.39 Å². The number of halogens is 2. The summed E-state index contributed by atoms with van der Waals surface area (Å²) >= 11 is 6.14. The van der Waals surface area contributed by atoms with E-state index in [-0.39, 0.29) is 11.1 Å². The third kappa shape index (κ3) is 1.94. The van der Waals surface area contributed by atoms with E-state index in [0.717, 1.165) is 10.9 Å². The summed E-state index contributed by atoms with van der Waals surface area (Å²) in [5.74, 6) is 0.0787. The Bertz CT molecular complexity index is 980. The standard InChI is InChI=1S/C15H8ClFN4/c16-15-18-12-7-2-1-6-11(12)14-19-13(20-21(14)15)9-4-3-5-10(17)8-9/h1-8H. The van der Waals surface area contributed by atoms with Crippen LogP contribution in [-0.2, 0) is 0 Å². The molecular formula is C15H8ClFN4. The maximum Gasteiger partial charge on any atom is 0.226 e. The van der Waals surface area contributed by atoms with Gasteiger partial charge in [0, 0.05) is 10.9 Å². The molecule has 0 fully saturated rings. The number of fused-ring (bicyclic) bond motifs is 3. The van der Waals surface area contributed by atoms with Crippen molar-refractivity contribution in [1.29, 1.82) is 0 Å². The highest BCUT2D eigenvalue weighted by Gasteiger charge is 2.13. The molecule has 2 aromatic heterocycles. The van der Waals surface area contributed by atoms with Gasteiger partial charge in [0.1, 0.15) is 5.82 Å². The number of rotatable bonds is 1. The molecule has 0 atom stereocenters. The summed E-state index contributed by atoms with van der Waals surface area (Å²) in [5.41, 5.74) is 1.94. The molecule has 6 heteroatoms. The number of hydrogen-bond acceptors (Lipinski definition) is 3. The van der Waals surface area contributed by atoms with Gasteiger partial charge in [-0.15, -0.1) is 5.10 Å². The van der Waals surface area contributed by atoms with Crippen LogP contribution in [0.4, 0.5) is 4.39 Å². The lowest BCUT2D eigenvalue weighted by Crippen LogP contribution is -1.94. The molecule has 0 spiro atoms. The second-order valence-electron chi connectivity index (χ2n) is 4.58. The van der Waals surface area contributed by atoms with Crippen molar-refractivity contribution in [3.05, 3.63) is 59.6 Å². The average molecular weight is 299 g/mol. The van der Waals surface area contributed by atoms with Crippen molar-refractivity contribution < 1.29 is 4.39 Å². The van der Waals surface area contributed by atoms with E-state index >= 15 is 0 Å². The first-order valence-corrected chi connectivity index (χ1v) is 6.67. The van der Waals surface area contributed by atoms with Gasteiger partial charge in [-0.1, -0.05) is 24.3 Å². The van der Waals surface area contributed by atoms with Crippen molar-refractivity contribution in [2.24, 2.45) is 0 Å². The molecule has 2 aromatic carbocycles. The Balaban J connectivity index is 2.06. The summed E-state index contributed by atoms with van der Waals surface area (Å²) in [5, 5.41) is 5.38. The molecule has 4 aromatic rings. The molecule has 0 aliphatic rings. The Hall–Kier alpha value is -2.53. The summed E-state index contributed by atoms with van der Waals surface area (Å²) in [6.07, 6.45) is 0. The fraction of sp³-hybridized carbons (Fsp3) is 0. The van der Waals surface area contributed by atoms with E-state index in [4.69, 9.17) is 11.6 Å². The quantitative estimate of drug-likeness (QED) is 0.503. The van der Waals surface area contributed by atoms with Crippen LogP contribution in [0.3, 0.4) is 0 Å². The number of para-hydroxylation sites is 1. The van der Waals surface area contributed by atoms with Gasteiger partial charge >= 0.3 is 0 Å². The molecule has 0 saturated heterocycles. The Morgan fingerprint density at radius 1 is 1.00 bits per heavy atom. The summed E-state index contributed by atoms with van der Waals surface area (Å²) < 4.78 is 14.8. The van der Waals surface area contributed by atoms with E-state index in [1.54, 1.807) is 12.1 Å². The zero-order valence-corrected chi connectivity index (χ0v) is 11.4. The lowest BCUT2D eigenvalue weighted by molar-refractivity contribution is 0.628. The fourth-order valence-corrected chi connectivity index (χ4v) is 2.48. The van der Waals surface area contributed by atoms with Gasteiger partial charge in [-0.2, -0.15) is 4.52 Å². The highest BCUT2D eigenvalue weighted by molar-refractivity contribution is 6.29. The summed E-state index contributed by atoms with van der Waals surface area (Å²) in [6, 6.07) is 13.7. The first-order valence-electron chi connectivity index (χ1n) is 6.29. The van der Waals surface area contributed by atoms with Crippen LogP contribution in [-0.4, -0.2) is 19.6 Å². The van der Waals surface area contributed by atoms with Crippen LogP contribution in [0.25, 0.3) is 27.9 Å². The van der Waals surface area contributed by atoms with Crippen molar-refractivity contribution in [3.63, 3.8) is 0 Å². The highest BCUT2D eigenvalue weighted by atomic mass is 35.5. The molecule has 0 unspecified atom stereocenters. The predicted octanol–water partition coefficient (Wildman–Crippen LogP) is 3.74. The van der Waals surface area contributed by atoms with Crippen molar-refractivity contribution >= 4 is 28.2 Å². The third-order valence-electron chi connectivity index (χ3n) is 3.22. The van der Waals surface area contributed by atoms with Gasteiger partial charge in [-0.05, 0) is 35.9 Å². The summed E-state index contributed by atoms with van der Waals surface area (Å²) in [4.78, 5) is 8.75. The van der Waals surface area contributed by atoms with Crippen LogP contribution in [0.15, 0.2) is 48.5 Å². The van der Waals surface area contributed by atoms with Gasteiger partial charge in [0.05, 0.1) is 5.52 Å². The van der Waals surface area contributed by atoms with Crippen molar-refractivity contribution in [2.45, 2.75) is 0 Å². The number of hydrogen-bond donors (Lipinski definition) is 0. The fourth-order valence-electron chi connectivity index (χ4n) is 2.27. The van der Waals surface area contributed by atoms with Gasteiger partial charge in [0.2, 0.25) is 5.28 Å². The summed E-state index contributed by atoms with van der Waals surface area (Å²) in [7, 11) is 0. The van der Waals surface area contributed by atoms with Crippen molar-refractivity contribution in [1.82, 2.24) is 19.6 Å². The monoisotopic (exact) mass is 298 g/mol. The SMILES string of the molecule is Fc1cccc(-c2nc3c4ccccc4nc(Cl)n3n2)c1. The van der Waals surface area contributed by atoms with Crippen LogP contribution in [0.5, 0.6) is 0 Å². The first kappa shape index (κ1) is 12.2. The smallest absolute Gasteiger partial charge is 0.218 e. The normalized spacial score (nSPS) is 11.3. The molecular weight excluding hydrogens is 291 g/mol. The van der Waals surface area contributed by atoms with E-state index < -0.39 is 0 Å². The van der Waals surface area contributed by atoms with E-state index in [1.807, 2.05) is 24.3 Å². The van der Waals surface area contributed by atoms with Gasteiger partial charge in [0.25, 0.3) is 0 Å². The first-order chi connectivity index (χ1) is 10.2. The second kappa shape index (κ2) is 4.49. The van der Waals surface area contributed by atoms with E-state index in [1.165, 1.54) is 16.6 Å². The van der Waals surface area contributed by atoms with Crippen LogP contribution < -0.4 is 0 Å². The molecule has 2 heterocycles. The molecule has 21 heavy (non-hydrogen) atoms. The number of benzene rings is 2. The molecule has 0 radical (unpaired) electrons. The number of nitrogens with zero attached hydrogens (tertiary/aromatic N) is 4. The topological polar surface area (TPSA) is 43.1 Å². The molecule has 0 aliphatic heterocycles. The van der Waals surface area contributed by atoms with Crippen molar-refractivity contribution in [2.75, 3.05) is 0 Å². The largest absolute Gasteiger partial charge is 0.226 e. The minimum absolute atomic E-state index is 0.221. The van der Waals surface area contributed by atoms with Crippen LogP contribution in [0.1, 0.15) is 0 Å². The van der Waals surface area contributed by atoms with Crippen LogP contribution in [0, 0.1) is 5.82 Å². The van der Waals surface area contributed by atoms with Gasteiger partial charge in [-0.3, -0.25) is 0 Å². The van der Waals surface area contributed by atoms with Gasteiger partial charge in [0.15, 0.2) is 11.5 Å². The molecule has 0 saturated carbocycles. The molecule has 102 valence electrons. The minimum atomic E-state index is -0.333. The van der Waals surface area contributed by atoms with E-state index in [2.05, 4.69) is 15.1 Å². The zero-order chi connectivity index (χ0) is 14.4. The number of aromatic nitrogens is 4. The molecule has 4 nitrogen and oxygen atoms in total. The Morgan fingerprint density at radius 2 is 1.86 bits per heavy atom. The predicted molar refractivity (Wildman–Crippen MR) is 78.7 cm³/mol. The minimum Gasteiger partial charge on any atom is -0.218 e. The molecule has 0 N–H and O–H groups in total. The molecule has 0 aliphatic carbocycles. The molecule has 4 rings (SSSR count). The van der Waals surface area contributed by atoms with Crippen LogP contribution in [0.2, 0.25) is 5.28 Å². The van der Waals surface area contributed by atoms with Crippen LogP contribution >= 0.6 is 11.6 Å². The van der Waals surface area contributed by atoms with Gasteiger partial charge in [-0.25, -0.2) is 14.4 Å². The maximum absolute atomic E-state index is 13.3. The highest BCUT2D eigenvalue weighted by Crippen LogP contribution is 2.24. The molecule has 0 bridgehead atoms. The lowest BCUT2D eigenvalue weighted by Gasteiger charge is -1.99. The maximum atomic E-state index is 13.3. The summed E-state index contributed by atoms with van der Waals surface area (Å²) in [6.45, 7) is 0. The van der Waals surface area contributed by atoms with Crippen molar-refractivity contribution in [3.8, 4) is 11.4 Å². The lowest BCUT2D eigenvalue weighted by atomic mass is 10.2. The average Bonchev–Trinajstić information content (AvgIpc) is 2.93. The zero-order valence-electron chi connectivity index (χ0n) is 10.7. The Kier molecular flexibility index (Phi) is 2.62. The Morgan fingerprint density at radius 3 is 2.71 bits per heavy atom. The van der Waals surface area contributed by atoms with Gasteiger partial charge < -0.3 is 0 Å².